The Hall–Kier alpha value is -1.92. The van der Waals surface area contributed by atoms with Gasteiger partial charge in [0.05, 0.1) is 15.3 Å². The maximum Gasteiger partial charge on any atom is 0.221 e. The van der Waals surface area contributed by atoms with E-state index in [9.17, 15) is 9.59 Å². The molecule has 1 heterocycles. The number of anilines is 1. The van der Waals surface area contributed by atoms with Crippen LogP contribution in [0.5, 0.6) is 0 Å². The van der Waals surface area contributed by atoms with Crippen LogP contribution in [0, 0.1) is 0 Å². The zero-order valence-electron chi connectivity index (χ0n) is 13.3. The lowest BCUT2D eigenvalue weighted by Crippen LogP contribution is -2.20. The molecule has 2 atom stereocenters. The van der Waals surface area contributed by atoms with E-state index in [1.165, 1.54) is 6.92 Å². The topological polar surface area (TPSA) is 59.3 Å². The van der Waals surface area contributed by atoms with Crippen LogP contribution in [-0.4, -0.2) is 16.5 Å². The minimum absolute atomic E-state index is 0.138. The van der Waals surface area contributed by atoms with Crippen molar-refractivity contribution < 1.29 is 14.0 Å². The van der Waals surface area contributed by atoms with Crippen LogP contribution in [-0.2, 0) is 4.79 Å². The maximum atomic E-state index is 13.0. The van der Waals surface area contributed by atoms with Gasteiger partial charge < -0.3 is 9.73 Å². The lowest BCUT2D eigenvalue weighted by atomic mass is 10.1. The number of carbonyl (C=O) groups excluding carboxylic acids is 2. The summed E-state index contributed by atoms with van der Waals surface area (Å²) in [7, 11) is 0. The molecule has 4 nitrogen and oxygen atoms in total. The number of rotatable bonds is 5. The zero-order valence-corrected chi connectivity index (χ0v) is 16.5. The van der Waals surface area contributed by atoms with Crippen LogP contribution in [0.25, 0.3) is 11.0 Å². The van der Waals surface area contributed by atoms with Gasteiger partial charge in [-0.1, -0.05) is 74.3 Å². The number of benzene rings is 2. The predicted molar refractivity (Wildman–Crippen MR) is 106 cm³/mol. The van der Waals surface area contributed by atoms with E-state index >= 15 is 0 Å². The molecule has 3 rings (SSSR count). The van der Waals surface area contributed by atoms with Crippen LogP contribution in [0.2, 0.25) is 0 Å². The van der Waals surface area contributed by atoms with Crippen molar-refractivity contribution in [2.45, 2.75) is 16.6 Å². The summed E-state index contributed by atoms with van der Waals surface area (Å²) >= 11 is 7.04. The first-order valence-corrected chi connectivity index (χ1v) is 9.48. The van der Waals surface area contributed by atoms with Gasteiger partial charge in [-0.25, -0.2) is 0 Å². The van der Waals surface area contributed by atoms with Gasteiger partial charge in [-0.05, 0) is 17.7 Å². The van der Waals surface area contributed by atoms with Crippen molar-refractivity contribution in [1.29, 1.82) is 0 Å². The quantitative estimate of drug-likeness (QED) is 0.402. The summed E-state index contributed by atoms with van der Waals surface area (Å²) in [5, 5.41) is 3.42. The average Bonchev–Trinajstić information content (AvgIpc) is 2.98. The Kier molecular flexibility index (Phi) is 5.39. The Morgan fingerprint density at radius 2 is 1.64 bits per heavy atom. The number of halogens is 2. The van der Waals surface area contributed by atoms with Crippen molar-refractivity contribution in [3.8, 4) is 0 Å². The van der Waals surface area contributed by atoms with Gasteiger partial charge in [-0.2, -0.15) is 0 Å². The van der Waals surface area contributed by atoms with Crippen LogP contribution in [0.4, 0.5) is 5.69 Å². The number of furan rings is 1. The number of hydrogen-bond donors (Lipinski definition) is 1. The standard InChI is InChI=1S/C19H15Br2NO3/c1-11(23)22-17-13-9-5-6-10-14(13)25-19(17)18(24)16(21)15(20)12-7-3-2-4-8-12/h2-10,15-16H,1H3,(H,22,23). The maximum absolute atomic E-state index is 13.0. The Morgan fingerprint density at radius 1 is 1.00 bits per heavy atom. The monoisotopic (exact) mass is 463 g/mol. The third kappa shape index (κ3) is 3.70. The molecule has 0 saturated carbocycles. The van der Waals surface area contributed by atoms with Gasteiger partial charge >= 0.3 is 0 Å². The van der Waals surface area contributed by atoms with Crippen molar-refractivity contribution in [3.63, 3.8) is 0 Å². The highest BCUT2D eigenvalue weighted by Crippen LogP contribution is 2.37. The average molecular weight is 465 g/mol. The second-order valence-electron chi connectivity index (χ2n) is 5.56. The number of Topliss-reactive ketones (excluding diaryl/α,β-unsaturated/α-hetero) is 1. The molecule has 128 valence electrons. The molecule has 2 aromatic carbocycles. The Balaban J connectivity index is 2.00. The van der Waals surface area contributed by atoms with Gasteiger partial charge in [0.2, 0.25) is 11.7 Å². The van der Waals surface area contributed by atoms with Crippen LogP contribution < -0.4 is 5.32 Å². The van der Waals surface area contributed by atoms with Gasteiger partial charge in [0.15, 0.2) is 5.76 Å². The molecule has 0 radical (unpaired) electrons. The number of para-hydroxylation sites is 1. The highest BCUT2D eigenvalue weighted by molar-refractivity contribution is 9.12. The number of hydrogen-bond acceptors (Lipinski definition) is 3. The molecule has 1 N–H and O–H groups in total. The Morgan fingerprint density at radius 3 is 2.32 bits per heavy atom. The number of carbonyl (C=O) groups is 2. The van der Waals surface area contributed by atoms with E-state index in [0.717, 1.165) is 5.56 Å². The molecule has 0 aliphatic rings. The molecule has 0 spiro atoms. The van der Waals surface area contributed by atoms with E-state index in [2.05, 4.69) is 37.2 Å². The lowest BCUT2D eigenvalue weighted by Gasteiger charge is -2.15. The lowest BCUT2D eigenvalue weighted by molar-refractivity contribution is -0.114. The summed E-state index contributed by atoms with van der Waals surface area (Å²) in [6.45, 7) is 1.40. The molecule has 0 aliphatic carbocycles. The zero-order chi connectivity index (χ0) is 18.0. The second-order valence-corrected chi connectivity index (χ2v) is 7.54. The molecule has 3 aromatic rings. The minimum atomic E-state index is -0.553. The number of amides is 1. The van der Waals surface area contributed by atoms with Crippen molar-refractivity contribution in [1.82, 2.24) is 0 Å². The van der Waals surface area contributed by atoms with Gasteiger partial charge in [0.1, 0.15) is 5.58 Å². The summed E-state index contributed by atoms with van der Waals surface area (Å²) < 4.78 is 5.75. The summed E-state index contributed by atoms with van der Waals surface area (Å²) in [6.07, 6.45) is 0. The van der Waals surface area contributed by atoms with Crippen LogP contribution in [0.1, 0.15) is 27.9 Å². The molecular weight excluding hydrogens is 450 g/mol. The fraction of sp³-hybridized carbons (Fsp3) is 0.158. The summed E-state index contributed by atoms with van der Waals surface area (Å²) in [5.41, 5.74) is 1.93. The van der Waals surface area contributed by atoms with E-state index in [4.69, 9.17) is 4.42 Å². The smallest absolute Gasteiger partial charge is 0.221 e. The third-order valence-corrected chi connectivity index (χ3v) is 6.46. The molecule has 25 heavy (non-hydrogen) atoms. The second kappa shape index (κ2) is 7.54. The molecule has 0 saturated heterocycles. The largest absolute Gasteiger partial charge is 0.451 e. The van der Waals surface area contributed by atoms with Gasteiger partial charge in [-0.15, -0.1) is 0 Å². The number of ketones is 1. The van der Waals surface area contributed by atoms with Crippen LogP contribution in [0.3, 0.4) is 0 Å². The van der Waals surface area contributed by atoms with Crippen LogP contribution in [0.15, 0.2) is 59.0 Å². The molecule has 2 unspecified atom stereocenters. The SMILES string of the molecule is CC(=O)Nc1c(C(=O)C(Br)C(Br)c2ccccc2)oc2ccccc12. The molecule has 1 aromatic heterocycles. The van der Waals surface area contributed by atoms with E-state index < -0.39 is 4.83 Å². The van der Waals surface area contributed by atoms with Crippen molar-refractivity contribution in [3.05, 3.63) is 65.9 Å². The molecule has 0 aliphatic heterocycles. The number of fused-ring (bicyclic) bond motifs is 1. The predicted octanol–water partition coefficient (Wildman–Crippen LogP) is 5.47. The molecule has 0 bridgehead atoms. The molecule has 6 heteroatoms. The third-order valence-electron chi connectivity index (χ3n) is 3.75. The fourth-order valence-electron chi connectivity index (χ4n) is 2.58. The van der Waals surface area contributed by atoms with Crippen LogP contribution >= 0.6 is 31.9 Å². The Labute approximate surface area is 161 Å². The van der Waals surface area contributed by atoms with E-state index in [-0.39, 0.29) is 22.3 Å². The van der Waals surface area contributed by atoms with Gasteiger partial charge in [0.25, 0.3) is 0 Å². The van der Waals surface area contributed by atoms with E-state index in [0.29, 0.717) is 16.7 Å². The normalized spacial score (nSPS) is 13.4. The Bertz CT molecular complexity index is 921. The fourth-order valence-corrected chi connectivity index (χ4v) is 3.64. The molecule has 0 fully saturated rings. The minimum Gasteiger partial charge on any atom is -0.451 e. The summed E-state index contributed by atoms with van der Waals surface area (Å²) in [4.78, 5) is 23.8. The van der Waals surface area contributed by atoms with Gasteiger partial charge in [-0.3, -0.25) is 9.59 Å². The highest BCUT2D eigenvalue weighted by atomic mass is 79.9. The summed E-state index contributed by atoms with van der Waals surface area (Å²) in [6, 6.07) is 16.9. The first-order valence-electron chi connectivity index (χ1n) is 7.65. The van der Waals surface area contributed by atoms with Crippen molar-refractivity contribution in [2.75, 3.05) is 5.32 Å². The highest BCUT2D eigenvalue weighted by Gasteiger charge is 2.31. The number of nitrogens with one attached hydrogen (secondary N) is 1. The van der Waals surface area contributed by atoms with E-state index in [1.54, 1.807) is 6.07 Å². The van der Waals surface area contributed by atoms with E-state index in [1.807, 2.05) is 48.5 Å². The van der Waals surface area contributed by atoms with Crippen molar-refractivity contribution in [2.24, 2.45) is 0 Å². The van der Waals surface area contributed by atoms with Gasteiger partial charge in [0, 0.05) is 12.3 Å². The first kappa shape index (κ1) is 17.9. The number of alkyl halides is 2. The van der Waals surface area contributed by atoms with Crippen molar-refractivity contribution >= 4 is 60.2 Å². The first-order chi connectivity index (χ1) is 12.0. The molecular formula is C19H15Br2NO3. The summed E-state index contributed by atoms with van der Waals surface area (Å²) in [5.74, 6) is -0.366. The molecule has 1 amide bonds.